The Bertz CT molecular complexity index is 721. The zero-order valence-electron chi connectivity index (χ0n) is 13.7. The molecule has 4 rings (SSSR count). The molecule has 7 heteroatoms. The van der Waals surface area contributed by atoms with Gasteiger partial charge in [0.2, 0.25) is 0 Å². The van der Waals surface area contributed by atoms with E-state index in [0.29, 0.717) is 6.61 Å². The molecule has 7 nitrogen and oxygen atoms in total. The predicted octanol–water partition coefficient (Wildman–Crippen LogP) is 1.85. The third-order valence-corrected chi connectivity index (χ3v) is 5.17. The van der Waals surface area contributed by atoms with Crippen LogP contribution >= 0.6 is 0 Å². The highest BCUT2D eigenvalue weighted by Crippen LogP contribution is 2.43. The molecule has 0 radical (unpaired) electrons. The minimum atomic E-state index is -0.328. The van der Waals surface area contributed by atoms with Crippen molar-refractivity contribution in [2.45, 2.75) is 30.9 Å². The number of aliphatic hydroxyl groups is 1. The fourth-order valence-electron chi connectivity index (χ4n) is 3.55. The van der Waals surface area contributed by atoms with Gasteiger partial charge < -0.3 is 19.9 Å². The van der Waals surface area contributed by atoms with Gasteiger partial charge in [0, 0.05) is 19.2 Å². The van der Waals surface area contributed by atoms with Crippen molar-refractivity contribution in [3.05, 3.63) is 24.4 Å². The van der Waals surface area contributed by atoms with Crippen LogP contribution < -0.4 is 10.1 Å². The largest absolute Gasteiger partial charge is 0.490 e. The van der Waals surface area contributed by atoms with Crippen LogP contribution in [-0.4, -0.2) is 52.6 Å². The van der Waals surface area contributed by atoms with Crippen molar-refractivity contribution in [1.29, 1.82) is 0 Å². The molecule has 0 spiro atoms. The summed E-state index contributed by atoms with van der Waals surface area (Å²) in [5.74, 6) is 0.860. The first-order valence-corrected chi connectivity index (χ1v) is 8.35. The van der Waals surface area contributed by atoms with Gasteiger partial charge in [-0.25, -0.2) is 4.68 Å². The number of aromatic nitrogens is 3. The summed E-state index contributed by atoms with van der Waals surface area (Å²) in [5, 5.41) is 21.7. The Hall–Kier alpha value is -2.12. The number of fused-ring (bicyclic) bond motifs is 1. The Morgan fingerprint density at radius 1 is 1.46 bits per heavy atom. The summed E-state index contributed by atoms with van der Waals surface area (Å²) in [4.78, 5) is 0. The molecule has 0 amide bonds. The van der Waals surface area contributed by atoms with E-state index in [2.05, 4.69) is 15.6 Å². The molecule has 1 saturated carbocycles. The number of methoxy groups -OCH3 is 1. The van der Waals surface area contributed by atoms with Crippen LogP contribution in [-0.2, 0) is 4.74 Å². The number of aliphatic hydroxyl groups excluding tert-OH is 1. The van der Waals surface area contributed by atoms with Crippen LogP contribution in [0.15, 0.2) is 24.4 Å². The van der Waals surface area contributed by atoms with Crippen LogP contribution in [0.5, 0.6) is 5.75 Å². The van der Waals surface area contributed by atoms with E-state index in [-0.39, 0.29) is 18.2 Å². The van der Waals surface area contributed by atoms with Gasteiger partial charge in [0.25, 0.3) is 0 Å². The standard InChI is InChI=1S/C17H22N4O3/c1-23-17(5-2-6-17)16(11-22)21-10-14(19-20-21)12-3-4-15-13(9-12)18-7-8-24-15/h3-4,9-10,16,18,22H,2,5-8,11H2,1H3. The third kappa shape index (κ3) is 2.44. The number of hydrogen-bond donors (Lipinski definition) is 2. The molecule has 1 unspecified atom stereocenters. The summed E-state index contributed by atoms with van der Waals surface area (Å²) < 4.78 is 13.0. The lowest BCUT2D eigenvalue weighted by atomic mass is 9.74. The fraction of sp³-hybridized carbons (Fsp3) is 0.529. The van der Waals surface area contributed by atoms with Crippen molar-refractivity contribution in [2.24, 2.45) is 0 Å². The molecular formula is C17H22N4O3. The quantitative estimate of drug-likeness (QED) is 0.871. The van der Waals surface area contributed by atoms with Gasteiger partial charge in [-0.15, -0.1) is 5.10 Å². The zero-order chi connectivity index (χ0) is 16.6. The van der Waals surface area contributed by atoms with Crippen molar-refractivity contribution >= 4 is 5.69 Å². The maximum Gasteiger partial charge on any atom is 0.142 e. The van der Waals surface area contributed by atoms with Gasteiger partial charge >= 0.3 is 0 Å². The van der Waals surface area contributed by atoms with Crippen LogP contribution in [0.4, 0.5) is 5.69 Å². The van der Waals surface area contributed by atoms with Crippen LogP contribution in [0, 0.1) is 0 Å². The van der Waals surface area contributed by atoms with Gasteiger partial charge in [-0.3, -0.25) is 0 Å². The number of rotatable bonds is 5. The lowest BCUT2D eigenvalue weighted by Crippen LogP contribution is -2.49. The molecule has 1 aliphatic heterocycles. The smallest absolute Gasteiger partial charge is 0.142 e. The van der Waals surface area contributed by atoms with Gasteiger partial charge in [0.05, 0.1) is 24.1 Å². The van der Waals surface area contributed by atoms with E-state index < -0.39 is 0 Å². The summed E-state index contributed by atoms with van der Waals surface area (Å²) in [6, 6.07) is 5.73. The molecule has 0 bridgehead atoms. The molecule has 2 aromatic rings. The minimum Gasteiger partial charge on any atom is -0.490 e. The molecule has 1 atom stereocenters. The SMILES string of the molecule is COC1(C(CO)n2cc(-c3ccc4c(c3)NCCO4)nn2)CCC1. The van der Waals surface area contributed by atoms with Gasteiger partial charge in [0.1, 0.15) is 24.1 Å². The molecule has 2 heterocycles. The molecule has 24 heavy (non-hydrogen) atoms. The lowest BCUT2D eigenvalue weighted by molar-refractivity contribution is -0.123. The number of anilines is 1. The average molecular weight is 330 g/mol. The van der Waals surface area contributed by atoms with Gasteiger partial charge in [-0.2, -0.15) is 0 Å². The predicted molar refractivity (Wildman–Crippen MR) is 89.2 cm³/mol. The normalized spacial score (nSPS) is 19.6. The van der Waals surface area contributed by atoms with Gasteiger partial charge in [-0.1, -0.05) is 5.21 Å². The van der Waals surface area contributed by atoms with Crippen molar-refractivity contribution < 1.29 is 14.6 Å². The monoisotopic (exact) mass is 330 g/mol. The summed E-state index contributed by atoms with van der Waals surface area (Å²) in [7, 11) is 1.70. The Morgan fingerprint density at radius 3 is 3.04 bits per heavy atom. The highest BCUT2D eigenvalue weighted by atomic mass is 16.5. The van der Waals surface area contributed by atoms with Crippen molar-refractivity contribution in [3.8, 4) is 17.0 Å². The average Bonchev–Trinajstić information content (AvgIpc) is 3.07. The van der Waals surface area contributed by atoms with Gasteiger partial charge in [-0.05, 0) is 37.5 Å². The maximum atomic E-state index is 9.85. The summed E-state index contributed by atoms with van der Waals surface area (Å²) >= 11 is 0. The Balaban J connectivity index is 1.62. The topological polar surface area (TPSA) is 81.4 Å². The maximum absolute atomic E-state index is 9.85. The van der Waals surface area contributed by atoms with Crippen LogP contribution in [0.25, 0.3) is 11.3 Å². The molecule has 1 aliphatic carbocycles. The van der Waals surface area contributed by atoms with Crippen LogP contribution in [0.2, 0.25) is 0 Å². The van der Waals surface area contributed by atoms with E-state index in [0.717, 1.165) is 48.5 Å². The highest BCUT2D eigenvalue weighted by Gasteiger charge is 2.45. The summed E-state index contributed by atoms with van der Waals surface area (Å²) in [5.41, 5.74) is 2.38. The Kier molecular flexibility index (Phi) is 3.90. The Labute approximate surface area is 140 Å². The zero-order valence-corrected chi connectivity index (χ0v) is 13.7. The van der Waals surface area contributed by atoms with E-state index in [9.17, 15) is 5.11 Å². The molecule has 2 N–H and O–H groups in total. The van der Waals surface area contributed by atoms with E-state index in [1.807, 2.05) is 24.4 Å². The second-order valence-electron chi connectivity index (χ2n) is 6.39. The van der Waals surface area contributed by atoms with Crippen molar-refractivity contribution in [3.63, 3.8) is 0 Å². The summed E-state index contributed by atoms with van der Waals surface area (Å²) in [6.45, 7) is 1.46. The number of nitrogens with zero attached hydrogens (tertiary/aromatic N) is 3. The second-order valence-corrected chi connectivity index (χ2v) is 6.39. The van der Waals surface area contributed by atoms with Crippen molar-refractivity contribution in [2.75, 3.05) is 32.2 Å². The fourth-order valence-corrected chi connectivity index (χ4v) is 3.55. The third-order valence-electron chi connectivity index (χ3n) is 5.17. The molecule has 1 aromatic heterocycles. The van der Waals surface area contributed by atoms with Crippen LogP contribution in [0.1, 0.15) is 25.3 Å². The highest BCUT2D eigenvalue weighted by molar-refractivity contribution is 5.69. The molecule has 128 valence electrons. The van der Waals surface area contributed by atoms with E-state index in [1.165, 1.54) is 0 Å². The second kappa shape index (κ2) is 6.07. The molecule has 1 fully saturated rings. The number of benzene rings is 1. The number of nitrogens with one attached hydrogen (secondary N) is 1. The lowest BCUT2D eigenvalue weighted by Gasteiger charge is -2.45. The minimum absolute atomic E-state index is 0.0176. The molecule has 1 aromatic carbocycles. The van der Waals surface area contributed by atoms with Crippen molar-refractivity contribution in [1.82, 2.24) is 15.0 Å². The molecule has 2 aliphatic rings. The molecular weight excluding hydrogens is 308 g/mol. The first kappa shape index (κ1) is 15.4. The van der Waals surface area contributed by atoms with E-state index in [1.54, 1.807) is 11.8 Å². The summed E-state index contributed by atoms with van der Waals surface area (Å²) in [6.07, 6.45) is 4.86. The number of ether oxygens (including phenoxy) is 2. The van der Waals surface area contributed by atoms with E-state index in [4.69, 9.17) is 9.47 Å². The first-order valence-electron chi connectivity index (χ1n) is 8.35. The number of hydrogen-bond acceptors (Lipinski definition) is 6. The van der Waals surface area contributed by atoms with E-state index >= 15 is 0 Å². The first-order chi connectivity index (χ1) is 11.8. The van der Waals surface area contributed by atoms with Crippen LogP contribution in [0.3, 0.4) is 0 Å². The molecule has 0 saturated heterocycles. The van der Waals surface area contributed by atoms with Gasteiger partial charge in [0.15, 0.2) is 0 Å². The Morgan fingerprint density at radius 2 is 2.33 bits per heavy atom.